The number of amides is 1. The Morgan fingerprint density at radius 3 is 2.64 bits per heavy atom. The van der Waals surface area contributed by atoms with Gasteiger partial charge in [0.2, 0.25) is 7.37 Å². The van der Waals surface area contributed by atoms with Gasteiger partial charge in [0.05, 0.1) is 11.8 Å². The van der Waals surface area contributed by atoms with Gasteiger partial charge < -0.3 is 14.5 Å². The molecular formula is C25H26FN2O4P. The maximum atomic E-state index is 15.0. The molecule has 0 saturated heterocycles. The molecule has 4 rings (SSSR count). The number of carbonyl (C=O) groups is 1. The highest BCUT2D eigenvalue weighted by Gasteiger charge is 2.28. The summed E-state index contributed by atoms with van der Waals surface area (Å²) in [5, 5.41) is -0.253. The lowest BCUT2D eigenvalue weighted by molar-refractivity contribution is 0.0731. The number of benzene rings is 2. The smallest absolute Gasteiger partial charge is 0.254 e. The summed E-state index contributed by atoms with van der Waals surface area (Å²) < 4.78 is 32.9. The maximum absolute atomic E-state index is 15.0. The van der Waals surface area contributed by atoms with Crippen LogP contribution < -0.4 is 10.0 Å². The SMILES string of the molecule is CCc1c(C(=O)N2CCOc3ccc(-c4ccc(C)nc4)cc3C2)ccc(P(C)(=O)O)c1F. The van der Waals surface area contributed by atoms with Crippen LogP contribution >= 0.6 is 7.37 Å². The Balaban J connectivity index is 1.67. The molecule has 1 aliphatic heterocycles. The van der Waals surface area contributed by atoms with Gasteiger partial charge in [-0.25, -0.2) is 4.39 Å². The molecule has 0 aliphatic carbocycles. The largest absolute Gasteiger partial charge is 0.491 e. The number of hydrogen-bond donors (Lipinski definition) is 1. The molecule has 0 radical (unpaired) electrons. The fourth-order valence-corrected chi connectivity index (χ4v) is 4.88. The summed E-state index contributed by atoms with van der Waals surface area (Å²) in [5.41, 5.74) is 4.06. The average Bonchev–Trinajstić information content (AvgIpc) is 3.00. The summed E-state index contributed by atoms with van der Waals surface area (Å²) in [5.74, 6) is -0.407. The lowest BCUT2D eigenvalue weighted by Gasteiger charge is -2.22. The number of hydrogen-bond acceptors (Lipinski definition) is 4. The molecular weight excluding hydrogens is 442 g/mol. The molecule has 0 fully saturated rings. The third kappa shape index (κ3) is 4.70. The average molecular weight is 468 g/mol. The van der Waals surface area contributed by atoms with Crippen LogP contribution in [0.15, 0.2) is 48.7 Å². The van der Waals surface area contributed by atoms with E-state index in [9.17, 15) is 14.3 Å². The van der Waals surface area contributed by atoms with Crippen LogP contribution in [0.2, 0.25) is 0 Å². The van der Waals surface area contributed by atoms with Crippen LogP contribution in [0.25, 0.3) is 11.1 Å². The van der Waals surface area contributed by atoms with Crippen LogP contribution in [0, 0.1) is 12.7 Å². The molecule has 6 nitrogen and oxygen atoms in total. The lowest BCUT2D eigenvalue weighted by Crippen LogP contribution is -2.33. The third-order valence-electron chi connectivity index (χ3n) is 5.83. The monoisotopic (exact) mass is 468 g/mol. The number of rotatable bonds is 4. The molecule has 8 heteroatoms. The summed E-state index contributed by atoms with van der Waals surface area (Å²) >= 11 is 0. The normalized spacial score (nSPS) is 15.2. The Morgan fingerprint density at radius 2 is 1.97 bits per heavy atom. The standard InChI is InChI=1S/C25H26FN2O4P/c1-4-20-21(8-10-23(24(20)26)33(3,30)31)25(29)28-11-12-32-22-9-7-17(13-19(22)15-28)18-6-5-16(2)27-14-18/h5-10,13-14H,4,11-12,15H2,1-3H3,(H,30,31). The second-order valence-corrected chi connectivity index (χ2v) is 10.5. The van der Waals surface area contributed by atoms with Crippen LogP contribution in [0.3, 0.4) is 0 Å². The number of nitrogens with zero attached hydrogens (tertiary/aromatic N) is 2. The van der Waals surface area contributed by atoms with Crippen molar-refractivity contribution in [2.24, 2.45) is 0 Å². The van der Waals surface area contributed by atoms with E-state index in [-0.39, 0.29) is 28.8 Å². The number of ether oxygens (including phenoxy) is 1. The van der Waals surface area contributed by atoms with Crippen molar-refractivity contribution in [2.45, 2.75) is 26.8 Å². The third-order valence-corrected chi connectivity index (χ3v) is 7.07. The van der Waals surface area contributed by atoms with Crippen molar-refractivity contribution >= 4 is 18.6 Å². The fraction of sp³-hybridized carbons (Fsp3) is 0.280. The minimum atomic E-state index is -3.79. The van der Waals surface area contributed by atoms with E-state index in [1.54, 1.807) is 11.8 Å². The van der Waals surface area contributed by atoms with Crippen molar-refractivity contribution < 1.29 is 23.4 Å². The number of halogens is 1. The molecule has 3 aromatic rings. The number of fused-ring (bicyclic) bond motifs is 1. The molecule has 1 unspecified atom stereocenters. The van der Waals surface area contributed by atoms with E-state index in [0.717, 1.165) is 29.0 Å². The predicted molar refractivity (Wildman–Crippen MR) is 126 cm³/mol. The van der Waals surface area contributed by atoms with Gasteiger partial charge in [-0.05, 0) is 49.2 Å². The van der Waals surface area contributed by atoms with Gasteiger partial charge in [0.15, 0.2) is 0 Å². The van der Waals surface area contributed by atoms with Crippen molar-refractivity contribution in [3.63, 3.8) is 0 Å². The fourth-order valence-electron chi connectivity index (χ4n) is 4.03. The number of carbonyl (C=O) groups excluding carboxylic acids is 1. The van der Waals surface area contributed by atoms with E-state index in [2.05, 4.69) is 4.98 Å². The minimum absolute atomic E-state index is 0.151. The molecule has 0 bridgehead atoms. The van der Waals surface area contributed by atoms with E-state index in [0.29, 0.717) is 25.4 Å². The second-order valence-electron chi connectivity index (χ2n) is 8.24. The van der Waals surface area contributed by atoms with Crippen molar-refractivity contribution in [3.8, 4) is 16.9 Å². The van der Waals surface area contributed by atoms with Gasteiger partial charge in [-0.15, -0.1) is 0 Å². The highest BCUT2D eigenvalue weighted by molar-refractivity contribution is 7.65. The summed E-state index contributed by atoms with van der Waals surface area (Å²) in [4.78, 5) is 29.2. The van der Waals surface area contributed by atoms with E-state index in [4.69, 9.17) is 4.74 Å². The summed E-state index contributed by atoms with van der Waals surface area (Å²) in [7, 11) is -3.79. The number of pyridine rings is 1. The van der Waals surface area contributed by atoms with E-state index in [1.807, 2.05) is 43.5 Å². The zero-order valence-corrected chi connectivity index (χ0v) is 19.7. The quantitative estimate of drug-likeness (QED) is 0.577. The number of aromatic nitrogens is 1. The first kappa shape index (κ1) is 23.1. The molecule has 1 N–H and O–H groups in total. The van der Waals surface area contributed by atoms with Gasteiger partial charge in [-0.1, -0.05) is 19.1 Å². The van der Waals surface area contributed by atoms with Crippen LogP contribution in [0.5, 0.6) is 5.75 Å². The maximum Gasteiger partial charge on any atom is 0.254 e. The van der Waals surface area contributed by atoms with Gasteiger partial charge in [0.25, 0.3) is 5.91 Å². The first-order valence-electron chi connectivity index (χ1n) is 10.8. The second kappa shape index (κ2) is 9.08. The van der Waals surface area contributed by atoms with Gasteiger partial charge in [0, 0.05) is 47.4 Å². The molecule has 1 aromatic heterocycles. The summed E-state index contributed by atoms with van der Waals surface area (Å²) in [6.07, 6.45) is 2.04. The van der Waals surface area contributed by atoms with Crippen molar-refractivity contribution in [3.05, 3.63) is 76.9 Å². The molecule has 1 atom stereocenters. The Kier molecular flexibility index (Phi) is 6.37. The highest BCUT2D eigenvalue weighted by atomic mass is 31.2. The van der Waals surface area contributed by atoms with E-state index < -0.39 is 13.2 Å². The molecule has 33 heavy (non-hydrogen) atoms. The van der Waals surface area contributed by atoms with E-state index >= 15 is 4.39 Å². The van der Waals surface area contributed by atoms with Crippen LogP contribution in [0.4, 0.5) is 4.39 Å². The Bertz CT molecular complexity index is 1250. The topological polar surface area (TPSA) is 79.7 Å². The highest BCUT2D eigenvalue weighted by Crippen LogP contribution is 2.36. The van der Waals surface area contributed by atoms with Crippen LogP contribution in [-0.2, 0) is 17.5 Å². The predicted octanol–water partition coefficient (Wildman–Crippen LogP) is 4.32. The first-order chi connectivity index (χ1) is 15.7. The van der Waals surface area contributed by atoms with Gasteiger partial charge in [-0.2, -0.15) is 0 Å². The minimum Gasteiger partial charge on any atom is -0.491 e. The number of aryl methyl sites for hydroxylation is 1. The van der Waals surface area contributed by atoms with E-state index in [1.165, 1.54) is 12.1 Å². The van der Waals surface area contributed by atoms with Crippen LogP contribution in [-0.4, -0.2) is 40.5 Å². The van der Waals surface area contributed by atoms with Crippen LogP contribution in [0.1, 0.15) is 34.1 Å². The Hall–Kier alpha value is -3.02. The molecule has 172 valence electrons. The zero-order valence-electron chi connectivity index (χ0n) is 18.8. The van der Waals surface area contributed by atoms with Crippen molar-refractivity contribution in [1.82, 2.24) is 9.88 Å². The Labute approximate surface area is 192 Å². The summed E-state index contributed by atoms with van der Waals surface area (Å²) in [6, 6.07) is 12.5. The molecule has 2 heterocycles. The summed E-state index contributed by atoms with van der Waals surface area (Å²) in [6.45, 7) is 5.70. The van der Waals surface area contributed by atoms with Gasteiger partial charge in [0.1, 0.15) is 18.2 Å². The Morgan fingerprint density at radius 1 is 1.21 bits per heavy atom. The molecule has 0 spiro atoms. The lowest BCUT2D eigenvalue weighted by atomic mass is 10.0. The first-order valence-corrected chi connectivity index (χ1v) is 12.9. The van der Waals surface area contributed by atoms with Gasteiger partial charge in [-0.3, -0.25) is 14.3 Å². The molecule has 0 saturated carbocycles. The van der Waals surface area contributed by atoms with Gasteiger partial charge >= 0.3 is 0 Å². The molecule has 1 aliphatic rings. The zero-order chi connectivity index (χ0) is 23.8. The molecule has 2 aromatic carbocycles. The molecule has 1 amide bonds. The van der Waals surface area contributed by atoms with Crippen molar-refractivity contribution in [1.29, 1.82) is 0 Å². The van der Waals surface area contributed by atoms with Crippen molar-refractivity contribution in [2.75, 3.05) is 19.8 Å².